The van der Waals surface area contributed by atoms with Gasteiger partial charge in [-0.15, -0.1) is 0 Å². The molecular formula is C13H23N3O3S. The molecule has 20 heavy (non-hydrogen) atoms. The molecule has 0 radical (unpaired) electrons. The molecular weight excluding hydrogens is 278 g/mol. The van der Waals surface area contributed by atoms with Crippen LogP contribution in [0.2, 0.25) is 0 Å². The Labute approximate surface area is 121 Å². The Kier molecular flexibility index (Phi) is 6.90. The van der Waals surface area contributed by atoms with E-state index in [0.717, 1.165) is 26.0 Å². The van der Waals surface area contributed by atoms with Gasteiger partial charge in [-0.25, -0.2) is 17.7 Å². The summed E-state index contributed by atoms with van der Waals surface area (Å²) in [4.78, 5) is 4.30. The molecule has 1 aromatic rings. The lowest BCUT2D eigenvalue weighted by atomic mass is 10.4. The van der Waals surface area contributed by atoms with Gasteiger partial charge in [0.05, 0.1) is 0 Å². The Bertz CT molecular complexity index is 486. The van der Waals surface area contributed by atoms with Gasteiger partial charge in [-0.3, -0.25) is 0 Å². The van der Waals surface area contributed by atoms with Gasteiger partial charge in [0.25, 0.3) is 0 Å². The number of ether oxygens (including phenoxy) is 1. The highest BCUT2D eigenvalue weighted by Gasteiger charge is 2.17. The molecule has 0 unspecified atom stereocenters. The Hall–Kier alpha value is -1.18. The van der Waals surface area contributed by atoms with E-state index in [2.05, 4.69) is 17.2 Å². The minimum atomic E-state index is -3.41. The number of pyridine rings is 1. The topological polar surface area (TPSA) is 71.5 Å². The SMILES string of the molecule is CCCOCCCNc1ccc(S(=O)(=O)N(C)C)cn1. The van der Waals surface area contributed by atoms with Crippen LogP contribution in [-0.4, -0.2) is 51.6 Å². The van der Waals surface area contributed by atoms with Crippen LogP contribution in [-0.2, 0) is 14.8 Å². The van der Waals surface area contributed by atoms with E-state index >= 15 is 0 Å². The first kappa shape index (κ1) is 16.9. The maximum Gasteiger partial charge on any atom is 0.244 e. The molecule has 0 spiro atoms. The second-order valence-corrected chi connectivity index (χ2v) is 6.71. The van der Waals surface area contributed by atoms with E-state index in [1.807, 2.05) is 0 Å². The molecule has 0 fully saturated rings. The van der Waals surface area contributed by atoms with Crippen molar-refractivity contribution in [1.82, 2.24) is 9.29 Å². The zero-order valence-corrected chi connectivity index (χ0v) is 13.1. The molecule has 0 amide bonds. The number of rotatable bonds is 9. The molecule has 0 saturated heterocycles. The predicted molar refractivity (Wildman–Crippen MR) is 79.3 cm³/mol. The van der Waals surface area contributed by atoms with Gasteiger partial charge >= 0.3 is 0 Å². The van der Waals surface area contributed by atoms with Crippen molar-refractivity contribution in [2.24, 2.45) is 0 Å². The van der Waals surface area contributed by atoms with Crippen LogP contribution in [0.25, 0.3) is 0 Å². The van der Waals surface area contributed by atoms with Gasteiger partial charge < -0.3 is 10.1 Å². The Balaban J connectivity index is 2.44. The molecule has 0 aliphatic carbocycles. The van der Waals surface area contributed by atoms with Crippen LogP contribution < -0.4 is 5.32 Å². The lowest BCUT2D eigenvalue weighted by molar-refractivity contribution is 0.134. The monoisotopic (exact) mass is 301 g/mol. The molecule has 7 heteroatoms. The minimum absolute atomic E-state index is 0.194. The predicted octanol–water partition coefficient (Wildman–Crippen LogP) is 1.56. The largest absolute Gasteiger partial charge is 0.381 e. The lowest BCUT2D eigenvalue weighted by Gasteiger charge is -2.11. The molecule has 0 aliphatic rings. The summed E-state index contributed by atoms with van der Waals surface area (Å²) in [6, 6.07) is 3.22. The second kappa shape index (κ2) is 8.18. The first-order chi connectivity index (χ1) is 9.48. The summed E-state index contributed by atoms with van der Waals surface area (Å²) in [5, 5.41) is 3.13. The van der Waals surface area contributed by atoms with Crippen LogP contribution >= 0.6 is 0 Å². The van der Waals surface area contributed by atoms with Gasteiger partial charge in [-0.1, -0.05) is 6.92 Å². The first-order valence-corrected chi connectivity index (χ1v) is 8.12. The van der Waals surface area contributed by atoms with Crippen molar-refractivity contribution in [3.63, 3.8) is 0 Å². The standard InChI is InChI=1S/C13H23N3O3S/c1-4-9-19-10-5-8-14-13-7-6-12(11-15-13)20(17,18)16(2)3/h6-7,11H,4-5,8-10H2,1-3H3,(H,14,15). The summed E-state index contributed by atoms with van der Waals surface area (Å²) in [5.41, 5.74) is 0. The van der Waals surface area contributed by atoms with E-state index in [4.69, 9.17) is 4.74 Å². The number of aromatic nitrogens is 1. The molecule has 1 N–H and O–H groups in total. The van der Waals surface area contributed by atoms with Gasteiger partial charge in [0.2, 0.25) is 10.0 Å². The van der Waals surface area contributed by atoms with Crippen LogP contribution in [0, 0.1) is 0 Å². The average Bonchev–Trinajstić information content (AvgIpc) is 2.43. The van der Waals surface area contributed by atoms with Crippen LogP contribution in [0.15, 0.2) is 23.2 Å². The van der Waals surface area contributed by atoms with E-state index in [-0.39, 0.29) is 4.90 Å². The fourth-order valence-corrected chi connectivity index (χ4v) is 2.33. The fraction of sp³-hybridized carbons (Fsp3) is 0.615. The summed E-state index contributed by atoms with van der Waals surface area (Å²) in [5.74, 6) is 0.665. The third kappa shape index (κ3) is 5.07. The van der Waals surface area contributed by atoms with Gasteiger partial charge in [0, 0.05) is 40.1 Å². The summed E-state index contributed by atoms with van der Waals surface area (Å²) < 4.78 is 30.2. The van der Waals surface area contributed by atoms with Crippen LogP contribution in [0.4, 0.5) is 5.82 Å². The number of anilines is 1. The molecule has 1 rings (SSSR count). The molecule has 114 valence electrons. The molecule has 1 aromatic heterocycles. The van der Waals surface area contributed by atoms with Crippen molar-refractivity contribution >= 4 is 15.8 Å². The van der Waals surface area contributed by atoms with Crippen molar-refractivity contribution < 1.29 is 13.2 Å². The summed E-state index contributed by atoms with van der Waals surface area (Å²) >= 11 is 0. The van der Waals surface area contributed by atoms with Crippen molar-refractivity contribution in [3.8, 4) is 0 Å². The normalized spacial score (nSPS) is 11.8. The number of hydrogen-bond acceptors (Lipinski definition) is 5. The number of nitrogens with zero attached hydrogens (tertiary/aromatic N) is 2. The highest BCUT2D eigenvalue weighted by atomic mass is 32.2. The molecule has 6 nitrogen and oxygen atoms in total. The lowest BCUT2D eigenvalue weighted by Crippen LogP contribution is -2.22. The van der Waals surface area contributed by atoms with Crippen LogP contribution in [0.1, 0.15) is 19.8 Å². The van der Waals surface area contributed by atoms with Gasteiger partial charge in [-0.05, 0) is 25.0 Å². The van der Waals surface area contributed by atoms with E-state index in [9.17, 15) is 8.42 Å². The van der Waals surface area contributed by atoms with Crippen LogP contribution in [0.3, 0.4) is 0 Å². The first-order valence-electron chi connectivity index (χ1n) is 6.68. The smallest absolute Gasteiger partial charge is 0.244 e. The number of nitrogens with one attached hydrogen (secondary N) is 1. The third-order valence-electron chi connectivity index (χ3n) is 2.63. The maximum atomic E-state index is 11.9. The number of hydrogen-bond donors (Lipinski definition) is 1. The minimum Gasteiger partial charge on any atom is -0.381 e. The Morgan fingerprint density at radius 1 is 1.30 bits per heavy atom. The maximum absolute atomic E-state index is 11.9. The molecule has 1 heterocycles. The molecule has 0 saturated carbocycles. The van der Waals surface area contributed by atoms with E-state index < -0.39 is 10.0 Å². The molecule has 0 aromatic carbocycles. The zero-order chi connectivity index (χ0) is 15.0. The van der Waals surface area contributed by atoms with Crippen LogP contribution in [0.5, 0.6) is 0 Å². The summed E-state index contributed by atoms with van der Waals surface area (Å²) in [7, 11) is -0.410. The Morgan fingerprint density at radius 3 is 2.60 bits per heavy atom. The third-order valence-corrected chi connectivity index (χ3v) is 4.43. The molecule has 0 aliphatic heterocycles. The van der Waals surface area contributed by atoms with E-state index in [1.165, 1.54) is 24.6 Å². The van der Waals surface area contributed by atoms with Gasteiger partial charge in [-0.2, -0.15) is 0 Å². The van der Waals surface area contributed by atoms with Gasteiger partial charge in [0.1, 0.15) is 10.7 Å². The Morgan fingerprint density at radius 2 is 2.05 bits per heavy atom. The second-order valence-electron chi connectivity index (χ2n) is 4.56. The average molecular weight is 301 g/mol. The highest BCUT2D eigenvalue weighted by molar-refractivity contribution is 7.89. The number of sulfonamides is 1. The fourth-order valence-electron chi connectivity index (χ4n) is 1.49. The summed E-state index contributed by atoms with van der Waals surface area (Å²) in [6.45, 7) is 4.32. The summed E-state index contributed by atoms with van der Waals surface area (Å²) in [6.07, 6.45) is 3.28. The van der Waals surface area contributed by atoms with Gasteiger partial charge in [0.15, 0.2) is 0 Å². The molecule has 0 atom stereocenters. The zero-order valence-electron chi connectivity index (χ0n) is 12.3. The van der Waals surface area contributed by atoms with Crippen molar-refractivity contribution in [2.75, 3.05) is 39.2 Å². The van der Waals surface area contributed by atoms with E-state index in [1.54, 1.807) is 12.1 Å². The van der Waals surface area contributed by atoms with Crippen molar-refractivity contribution in [3.05, 3.63) is 18.3 Å². The molecule has 0 bridgehead atoms. The quantitative estimate of drug-likeness (QED) is 0.701. The highest BCUT2D eigenvalue weighted by Crippen LogP contribution is 2.13. The van der Waals surface area contributed by atoms with Crippen molar-refractivity contribution in [2.45, 2.75) is 24.7 Å². The van der Waals surface area contributed by atoms with E-state index in [0.29, 0.717) is 12.4 Å². The van der Waals surface area contributed by atoms with Crippen molar-refractivity contribution in [1.29, 1.82) is 0 Å².